The van der Waals surface area contributed by atoms with Gasteiger partial charge in [0.15, 0.2) is 0 Å². The molecule has 0 aliphatic heterocycles. The molecule has 1 aliphatic carbocycles. The van der Waals surface area contributed by atoms with Crippen LogP contribution >= 0.6 is 11.1 Å². The second-order valence-electron chi connectivity index (χ2n) is 3.52. The molecule has 1 rings (SSSR count). The molecule has 0 N–H and O–H groups in total. The molecule has 1 atom stereocenters. The standard InChI is InChI=1S/C8H17ClSi/c1-10(9)7-8-5-3-2-4-6-8/h8,10H,2-7H2,1H3. The topological polar surface area (TPSA) is 0 Å². The smallest absolute Gasteiger partial charge is 0.138 e. The van der Waals surface area contributed by atoms with Crippen molar-refractivity contribution in [1.29, 1.82) is 0 Å². The minimum Gasteiger partial charge on any atom is -0.172 e. The van der Waals surface area contributed by atoms with E-state index in [1.807, 2.05) is 0 Å². The summed E-state index contributed by atoms with van der Waals surface area (Å²) in [7, 11) is -0.772. The Morgan fingerprint density at radius 1 is 1.30 bits per heavy atom. The minimum absolute atomic E-state index is 0.772. The van der Waals surface area contributed by atoms with E-state index in [2.05, 4.69) is 6.55 Å². The molecule has 0 heterocycles. The summed E-state index contributed by atoms with van der Waals surface area (Å²) >= 11 is 6.05. The van der Waals surface area contributed by atoms with Crippen LogP contribution in [0.15, 0.2) is 0 Å². The van der Waals surface area contributed by atoms with E-state index in [4.69, 9.17) is 11.1 Å². The van der Waals surface area contributed by atoms with Crippen molar-refractivity contribution in [2.24, 2.45) is 5.92 Å². The van der Waals surface area contributed by atoms with E-state index in [1.54, 1.807) is 0 Å². The van der Waals surface area contributed by atoms with Crippen LogP contribution in [-0.2, 0) is 0 Å². The Morgan fingerprint density at radius 2 is 1.90 bits per heavy atom. The van der Waals surface area contributed by atoms with Gasteiger partial charge in [0.2, 0.25) is 0 Å². The molecule has 2 heteroatoms. The summed E-state index contributed by atoms with van der Waals surface area (Å²) in [6.45, 7) is 2.25. The molecule has 0 saturated heterocycles. The normalized spacial score (nSPS) is 24.6. The highest BCUT2D eigenvalue weighted by Gasteiger charge is 2.15. The summed E-state index contributed by atoms with van der Waals surface area (Å²) in [6, 6.07) is 1.38. The van der Waals surface area contributed by atoms with E-state index in [9.17, 15) is 0 Å². The Hall–Kier alpha value is 0.507. The first-order valence-electron chi connectivity index (χ1n) is 4.43. The number of hydrogen-bond donors (Lipinski definition) is 0. The quantitative estimate of drug-likeness (QED) is 0.448. The third-order valence-electron chi connectivity index (χ3n) is 2.38. The van der Waals surface area contributed by atoms with E-state index in [0.717, 1.165) is 5.92 Å². The van der Waals surface area contributed by atoms with Gasteiger partial charge in [0.05, 0.1) is 0 Å². The zero-order chi connectivity index (χ0) is 7.40. The summed E-state index contributed by atoms with van der Waals surface area (Å²) in [4.78, 5) is 0. The lowest BCUT2D eigenvalue weighted by molar-refractivity contribution is 0.384. The lowest BCUT2D eigenvalue weighted by atomic mass is 9.91. The van der Waals surface area contributed by atoms with Crippen LogP contribution in [0.1, 0.15) is 32.1 Å². The van der Waals surface area contributed by atoms with E-state index in [1.165, 1.54) is 38.1 Å². The van der Waals surface area contributed by atoms with Crippen molar-refractivity contribution in [1.82, 2.24) is 0 Å². The first-order chi connectivity index (χ1) is 4.79. The molecular formula is C8H17ClSi. The average Bonchev–Trinajstić information content (AvgIpc) is 1.88. The summed E-state index contributed by atoms with van der Waals surface area (Å²) < 4.78 is 0. The van der Waals surface area contributed by atoms with Gasteiger partial charge in [0, 0.05) is 0 Å². The molecule has 1 fully saturated rings. The van der Waals surface area contributed by atoms with E-state index in [0.29, 0.717) is 0 Å². The van der Waals surface area contributed by atoms with Crippen LogP contribution in [0.4, 0.5) is 0 Å². The fraction of sp³-hybridized carbons (Fsp3) is 1.00. The molecule has 1 unspecified atom stereocenters. The molecular weight excluding hydrogens is 160 g/mol. The summed E-state index contributed by atoms with van der Waals surface area (Å²) in [5, 5.41) is 0. The first-order valence-corrected chi connectivity index (χ1v) is 8.15. The molecule has 10 heavy (non-hydrogen) atoms. The minimum atomic E-state index is -0.772. The van der Waals surface area contributed by atoms with E-state index >= 15 is 0 Å². The van der Waals surface area contributed by atoms with Crippen LogP contribution in [0.3, 0.4) is 0 Å². The lowest BCUT2D eigenvalue weighted by Gasteiger charge is -2.21. The van der Waals surface area contributed by atoms with Crippen LogP contribution < -0.4 is 0 Å². The molecule has 0 bridgehead atoms. The Bertz CT molecular complexity index is 87.3. The number of hydrogen-bond acceptors (Lipinski definition) is 0. The Morgan fingerprint density at radius 3 is 2.40 bits per heavy atom. The van der Waals surface area contributed by atoms with Gasteiger partial charge in [-0.15, -0.1) is 0 Å². The molecule has 0 aromatic carbocycles. The van der Waals surface area contributed by atoms with Crippen LogP contribution in [0.5, 0.6) is 0 Å². The fourth-order valence-corrected chi connectivity index (χ4v) is 4.03. The predicted octanol–water partition coefficient (Wildman–Crippen LogP) is 3.16. The molecule has 0 spiro atoms. The zero-order valence-electron chi connectivity index (χ0n) is 6.78. The van der Waals surface area contributed by atoms with Crippen LogP contribution in [0, 0.1) is 5.92 Å². The van der Waals surface area contributed by atoms with Gasteiger partial charge in [-0.25, -0.2) is 0 Å². The summed E-state index contributed by atoms with van der Waals surface area (Å²) in [5.41, 5.74) is 0. The van der Waals surface area contributed by atoms with Gasteiger partial charge in [0.25, 0.3) is 0 Å². The maximum absolute atomic E-state index is 6.05. The fourth-order valence-electron chi connectivity index (χ4n) is 1.88. The van der Waals surface area contributed by atoms with Crippen LogP contribution in [0.25, 0.3) is 0 Å². The molecule has 1 saturated carbocycles. The molecule has 60 valence electrons. The van der Waals surface area contributed by atoms with Gasteiger partial charge in [-0.3, -0.25) is 0 Å². The Kier molecular flexibility index (Phi) is 3.78. The van der Waals surface area contributed by atoms with Crippen molar-refractivity contribution in [2.75, 3.05) is 0 Å². The van der Waals surface area contributed by atoms with Crippen LogP contribution in [0.2, 0.25) is 12.6 Å². The molecule has 1 aliphatic rings. The number of rotatable bonds is 2. The molecule has 0 amide bonds. The van der Waals surface area contributed by atoms with Gasteiger partial charge >= 0.3 is 0 Å². The number of halogens is 1. The van der Waals surface area contributed by atoms with E-state index < -0.39 is 8.11 Å². The predicted molar refractivity (Wildman–Crippen MR) is 50.2 cm³/mol. The summed E-state index contributed by atoms with van der Waals surface area (Å²) in [5.74, 6) is 1.01. The van der Waals surface area contributed by atoms with Gasteiger partial charge in [-0.2, -0.15) is 11.1 Å². The third-order valence-corrected chi connectivity index (χ3v) is 4.23. The highest BCUT2D eigenvalue weighted by atomic mass is 35.6. The maximum Gasteiger partial charge on any atom is 0.138 e. The monoisotopic (exact) mass is 176 g/mol. The molecule has 0 nitrogen and oxygen atoms in total. The second-order valence-corrected chi connectivity index (χ2v) is 7.79. The average molecular weight is 177 g/mol. The first kappa shape index (κ1) is 8.60. The van der Waals surface area contributed by atoms with Gasteiger partial charge in [-0.05, 0) is 12.0 Å². The third kappa shape index (κ3) is 3.06. The molecule has 0 aromatic rings. The van der Waals surface area contributed by atoms with Crippen molar-refractivity contribution in [3.05, 3.63) is 0 Å². The molecule has 0 aromatic heterocycles. The lowest BCUT2D eigenvalue weighted by Crippen LogP contribution is -2.11. The maximum atomic E-state index is 6.05. The zero-order valence-corrected chi connectivity index (χ0v) is 8.69. The van der Waals surface area contributed by atoms with Gasteiger partial charge in [0.1, 0.15) is 8.11 Å². The largest absolute Gasteiger partial charge is 0.172 e. The van der Waals surface area contributed by atoms with Crippen molar-refractivity contribution in [3.8, 4) is 0 Å². The molecule has 0 radical (unpaired) electrons. The highest BCUT2D eigenvalue weighted by molar-refractivity contribution is 7.06. The van der Waals surface area contributed by atoms with E-state index in [-0.39, 0.29) is 0 Å². The Balaban J connectivity index is 2.13. The van der Waals surface area contributed by atoms with Crippen molar-refractivity contribution in [3.63, 3.8) is 0 Å². The van der Waals surface area contributed by atoms with Crippen molar-refractivity contribution in [2.45, 2.75) is 44.7 Å². The Labute approximate surface area is 70.3 Å². The SMILES string of the molecule is C[SiH](Cl)CC1CCCCC1. The van der Waals surface area contributed by atoms with Gasteiger partial charge in [-0.1, -0.05) is 38.7 Å². The highest BCUT2D eigenvalue weighted by Crippen LogP contribution is 2.28. The van der Waals surface area contributed by atoms with Gasteiger partial charge < -0.3 is 0 Å². The second kappa shape index (κ2) is 4.40. The van der Waals surface area contributed by atoms with Crippen molar-refractivity contribution >= 4 is 19.2 Å². The van der Waals surface area contributed by atoms with Crippen molar-refractivity contribution < 1.29 is 0 Å². The summed E-state index contributed by atoms with van der Waals surface area (Å²) in [6.07, 6.45) is 7.31. The van der Waals surface area contributed by atoms with Crippen LogP contribution in [-0.4, -0.2) is 8.11 Å².